The van der Waals surface area contributed by atoms with Gasteiger partial charge in [0.05, 0.1) is 0 Å². The molecule has 3 rings (SSSR count). The normalized spacial score (nSPS) is 18.9. The van der Waals surface area contributed by atoms with Gasteiger partial charge in [0.25, 0.3) is 0 Å². The third-order valence-corrected chi connectivity index (χ3v) is 4.45. The molecular formula is C15H20N2. The van der Waals surface area contributed by atoms with Crippen LogP contribution in [0, 0.1) is 0 Å². The van der Waals surface area contributed by atoms with Gasteiger partial charge in [-0.25, -0.2) is 0 Å². The van der Waals surface area contributed by atoms with Crippen molar-refractivity contribution in [3.05, 3.63) is 36.0 Å². The molecule has 2 aromatic rings. The average Bonchev–Trinajstić information content (AvgIpc) is 2.96. The van der Waals surface area contributed by atoms with Crippen molar-refractivity contribution in [2.75, 3.05) is 6.54 Å². The van der Waals surface area contributed by atoms with Crippen LogP contribution in [-0.4, -0.2) is 11.1 Å². The summed E-state index contributed by atoms with van der Waals surface area (Å²) in [4.78, 5) is 0. The fourth-order valence-corrected chi connectivity index (χ4v) is 3.41. The maximum absolute atomic E-state index is 6.08. The fraction of sp³-hybridized carbons (Fsp3) is 0.467. The van der Waals surface area contributed by atoms with Gasteiger partial charge in [0.1, 0.15) is 0 Å². The number of aromatic nitrogens is 1. The van der Waals surface area contributed by atoms with Crippen molar-refractivity contribution in [1.82, 2.24) is 4.57 Å². The van der Waals surface area contributed by atoms with Crippen molar-refractivity contribution < 1.29 is 0 Å². The molecule has 2 nitrogen and oxygen atoms in total. The first-order chi connectivity index (χ1) is 8.27. The zero-order valence-electron chi connectivity index (χ0n) is 10.4. The Morgan fingerprint density at radius 2 is 1.94 bits per heavy atom. The molecule has 1 aliphatic rings. The number of nitrogens with two attached hydrogens (primary N) is 1. The van der Waals surface area contributed by atoms with E-state index in [0.717, 1.165) is 6.54 Å². The maximum atomic E-state index is 6.08. The van der Waals surface area contributed by atoms with Crippen molar-refractivity contribution in [3.8, 4) is 0 Å². The van der Waals surface area contributed by atoms with E-state index in [4.69, 9.17) is 5.73 Å². The Kier molecular flexibility index (Phi) is 2.48. The highest BCUT2D eigenvalue weighted by Crippen LogP contribution is 2.41. The Bertz CT molecular complexity index is 533. The molecule has 17 heavy (non-hydrogen) atoms. The minimum Gasteiger partial charge on any atom is -0.347 e. The number of aryl methyl sites for hydroxylation is 1. The summed E-state index contributed by atoms with van der Waals surface area (Å²) >= 11 is 0. The van der Waals surface area contributed by atoms with E-state index in [1.54, 1.807) is 0 Å². The highest BCUT2D eigenvalue weighted by molar-refractivity contribution is 5.81. The molecule has 1 aromatic carbocycles. The molecule has 0 saturated heterocycles. The van der Waals surface area contributed by atoms with Crippen LogP contribution in [0.15, 0.2) is 30.3 Å². The molecule has 1 saturated carbocycles. The lowest BCUT2D eigenvalue weighted by atomic mass is 9.82. The van der Waals surface area contributed by atoms with E-state index in [0.29, 0.717) is 0 Å². The molecule has 1 fully saturated rings. The van der Waals surface area contributed by atoms with Gasteiger partial charge in [-0.2, -0.15) is 0 Å². The van der Waals surface area contributed by atoms with E-state index in [1.807, 2.05) is 0 Å². The van der Waals surface area contributed by atoms with Gasteiger partial charge < -0.3 is 10.3 Å². The average molecular weight is 228 g/mol. The standard InChI is InChI=1S/C15H20N2/c1-17-13-7-3-2-6-12(13)10-14(17)15(11-16)8-4-5-9-15/h2-3,6-7,10H,4-5,8-9,11,16H2,1H3. The lowest BCUT2D eigenvalue weighted by molar-refractivity contribution is 0.428. The summed E-state index contributed by atoms with van der Waals surface area (Å²) in [6.45, 7) is 0.775. The van der Waals surface area contributed by atoms with Gasteiger partial charge in [0.15, 0.2) is 0 Å². The second-order valence-electron chi connectivity index (χ2n) is 5.34. The van der Waals surface area contributed by atoms with Crippen LogP contribution in [0.4, 0.5) is 0 Å². The highest BCUT2D eigenvalue weighted by atomic mass is 15.0. The molecule has 0 atom stereocenters. The van der Waals surface area contributed by atoms with Crippen LogP contribution in [0.25, 0.3) is 10.9 Å². The lowest BCUT2D eigenvalue weighted by Crippen LogP contribution is -2.33. The molecule has 0 radical (unpaired) electrons. The summed E-state index contributed by atoms with van der Waals surface area (Å²) in [7, 11) is 2.17. The molecule has 1 aromatic heterocycles. The second-order valence-corrected chi connectivity index (χ2v) is 5.34. The molecule has 90 valence electrons. The van der Waals surface area contributed by atoms with Gasteiger partial charge in [0.2, 0.25) is 0 Å². The van der Waals surface area contributed by atoms with Gasteiger partial charge in [0, 0.05) is 30.2 Å². The first kappa shape index (κ1) is 10.8. The van der Waals surface area contributed by atoms with Crippen molar-refractivity contribution in [2.45, 2.75) is 31.1 Å². The molecule has 0 spiro atoms. The summed E-state index contributed by atoms with van der Waals surface area (Å²) in [6, 6.07) is 10.9. The van der Waals surface area contributed by atoms with E-state index >= 15 is 0 Å². The number of hydrogen-bond donors (Lipinski definition) is 1. The molecule has 0 aliphatic heterocycles. The van der Waals surface area contributed by atoms with E-state index in [1.165, 1.54) is 42.3 Å². The second kappa shape index (κ2) is 3.88. The molecule has 0 amide bonds. The molecule has 0 bridgehead atoms. The Hall–Kier alpha value is -1.28. The van der Waals surface area contributed by atoms with Gasteiger partial charge in [-0.05, 0) is 30.4 Å². The zero-order valence-corrected chi connectivity index (χ0v) is 10.4. The molecule has 0 unspecified atom stereocenters. The van der Waals surface area contributed by atoms with Crippen molar-refractivity contribution in [2.24, 2.45) is 12.8 Å². The molecule has 1 heterocycles. The van der Waals surface area contributed by atoms with Crippen LogP contribution in [0.1, 0.15) is 31.4 Å². The number of rotatable bonds is 2. The Balaban J connectivity index is 2.19. The van der Waals surface area contributed by atoms with Crippen molar-refractivity contribution >= 4 is 10.9 Å². The van der Waals surface area contributed by atoms with Crippen LogP contribution in [0.2, 0.25) is 0 Å². The highest BCUT2D eigenvalue weighted by Gasteiger charge is 2.36. The smallest absolute Gasteiger partial charge is 0.0480 e. The lowest BCUT2D eigenvalue weighted by Gasteiger charge is -2.28. The molecule has 2 heteroatoms. The summed E-state index contributed by atoms with van der Waals surface area (Å²) in [5.41, 5.74) is 9.06. The fourth-order valence-electron chi connectivity index (χ4n) is 3.41. The van der Waals surface area contributed by atoms with Crippen LogP contribution in [0.3, 0.4) is 0 Å². The zero-order chi connectivity index (χ0) is 11.9. The van der Waals surface area contributed by atoms with E-state index < -0.39 is 0 Å². The molecule has 1 aliphatic carbocycles. The number of hydrogen-bond acceptors (Lipinski definition) is 1. The summed E-state index contributed by atoms with van der Waals surface area (Å²) < 4.78 is 2.34. The van der Waals surface area contributed by atoms with Gasteiger partial charge in [-0.1, -0.05) is 31.0 Å². The SMILES string of the molecule is Cn1c(C2(CN)CCCC2)cc2ccccc21. The Morgan fingerprint density at radius 3 is 2.59 bits per heavy atom. The summed E-state index contributed by atoms with van der Waals surface area (Å²) in [5.74, 6) is 0. The number of fused-ring (bicyclic) bond motifs is 1. The van der Waals surface area contributed by atoms with Crippen LogP contribution in [-0.2, 0) is 12.5 Å². The topological polar surface area (TPSA) is 30.9 Å². The number of benzene rings is 1. The largest absolute Gasteiger partial charge is 0.347 e. The number of nitrogens with zero attached hydrogens (tertiary/aromatic N) is 1. The van der Waals surface area contributed by atoms with Gasteiger partial charge in [-0.3, -0.25) is 0 Å². The Labute approximate surface area is 102 Å². The van der Waals surface area contributed by atoms with Crippen LogP contribution >= 0.6 is 0 Å². The van der Waals surface area contributed by atoms with E-state index in [-0.39, 0.29) is 5.41 Å². The third kappa shape index (κ3) is 1.51. The first-order valence-electron chi connectivity index (χ1n) is 6.52. The van der Waals surface area contributed by atoms with Crippen LogP contribution in [0.5, 0.6) is 0 Å². The quantitative estimate of drug-likeness (QED) is 0.841. The predicted octanol–water partition coefficient (Wildman–Crippen LogP) is 2.95. The number of para-hydroxylation sites is 1. The van der Waals surface area contributed by atoms with Crippen molar-refractivity contribution in [1.29, 1.82) is 0 Å². The van der Waals surface area contributed by atoms with Gasteiger partial charge >= 0.3 is 0 Å². The van der Waals surface area contributed by atoms with Crippen LogP contribution < -0.4 is 5.73 Å². The van der Waals surface area contributed by atoms with E-state index in [2.05, 4.69) is 41.9 Å². The maximum Gasteiger partial charge on any atom is 0.0480 e. The van der Waals surface area contributed by atoms with E-state index in [9.17, 15) is 0 Å². The minimum absolute atomic E-state index is 0.230. The first-order valence-corrected chi connectivity index (χ1v) is 6.52. The summed E-state index contributed by atoms with van der Waals surface area (Å²) in [5, 5.41) is 1.34. The predicted molar refractivity (Wildman–Crippen MR) is 72.1 cm³/mol. The summed E-state index contributed by atoms with van der Waals surface area (Å²) in [6.07, 6.45) is 5.12. The molecular weight excluding hydrogens is 208 g/mol. The monoisotopic (exact) mass is 228 g/mol. The third-order valence-electron chi connectivity index (χ3n) is 4.45. The molecule has 2 N–H and O–H groups in total. The van der Waals surface area contributed by atoms with Gasteiger partial charge in [-0.15, -0.1) is 0 Å². The minimum atomic E-state index is 0.230. The van der Waals surface area contributed by atoms with Crippen molar-refractivity contribution in [3.63, 3.8) is 0 Å². The Morgan fingerprint density at radius 1 is 1.24 bits per heavy atom.